The highest BCUT2D eigenvalue weighted by Gasteiger charge is 2.35. The van der Waals surface area contributed by atoms with Crippen molar-refractivity contribution in [3.63, 3.8) is 0 Å². The number of hydrogen-bond donors (Lipinski definition) is 3. The van der Waals surface area contributed by atoms with Crippen molar-refractivity contribution in [1.29, 1.82) is 0 Å². The Morgan fingerprint density at radius 2 is 1.77 bits per heavy atom. The van der Waals surface area contributed by atoms with Gasteiger partial charge in [0.2, 0.25) is 11.8 Å². The molecule has 2 heterocycles. The van der Waals surface area contributed by atoms with Crippen molar-refractivity contribution in [2.45, 2.75) is 12.6 Å². The van der Waals surface area contributed by atoms with Crippen LogP contribution in [-0.2, 0) is 15.8 Å². The summed E-state index contributed by atoms with van der Waals surface area (Å²) in [5.74, 6) is -3.32. The second kappa shape index (κ2) is 9.75. The number of hydrogen-bond acceptors (Lipinski definition) is 4. The largest absolute Gasteiger partial charge is 0.419 e. The van der Waals surface area contributed by atoms with E-state index in [0.29, 0.717) is 23.0 Å². The van der Waals surface area contributed by atoms with E-state index in [4.69, 9.17) is 0 Å². The number of benzene rings is 2. The number of halogens is 4. The Hall–Kier alpha value is -4.54. The molecule has 0 aliphatic heterocycles. The van der Waals surface area contributed by atoms with E-state index in [1.807, 2.05) is 23.5 Å². The predicted octanol–water partition coefficient (Wildman–Crippen LogP) is 5.25. The fourth-order valence-corrected chi connectivity index (χ4v) is 3.28. The second-order valence-electron chi connectivity index (χ2n) is 7.40. The molecule has 0 unspecified atom stereocenters. The highest BCUT2D eigenvalue weighted by atomic mass is 19.4. The number of alkyl halides is 3. The van der Waals surface area contributed by atoms with Gasteiger partial charge >= 0.3 is 6.18 Å². The maximum atomic E-state index is 14.1. The second-order valence-corrected chi connectivity index (χ2v) is 7.40. The van der Waals surface area contributed by atoms with Crippen LogP contribution in [0, 0.1) is 5.82 Å². The van der Waals surface area contributed by atoms with E-state index in [9.17, 15) is 27.2 Å². The fourth-order valence-electron chi connectivity index (χ4n) is 3.28. The summed E-state index contributed by atoms with van der Waals surface area (Å²) in [5.41, 5.74) is 0.231. The van der Waals surface area contributed by atoms with Crippen LogP contribution in [0.1, 0.15) is 23.4 Å². The molecular formula is C24H17F4N5O2. The van der Waals surface area contributed by atoms with Crippen molar-refractivity contribution in [1.82, 2.24) is 15.2 Å². The zero-order valence-corrected chi connectivity index (χ0v) is 17.9. The summed E-state index contributed by atoms with van der Waals surface area (Å²) < 4.78 is 52.5. The zero-order chi connectivity index (χ0) is 25.0. The van der Waals surface area contributed by atoms with Crippen LogP contribution in [0.5, 0.6) is 0 Å². The van der Waals surface area contributed by atoms with Gasteiger partial charge in [0.05, 0.1) is 28.2 Å². The molecule has 0 fully saturated rings. The number of amides is 2. The van der Waals surface area contributed by atoms with E-state index in [-0.39, 0.29) is 0 Å². The molecule has 7 nitrogen and oxygen atoms in total. The minimum absolute atomic E-state index is 0.365. The summed E-state index contributed by atoms with van der Waals surface area (Å²) >= 11 is 0. The predicted molar refractivity (Wildman–Crippen MR) is 123 cm³/mol. The molecule has 0 aliphatic carbocycles. The van der Waals surface area contributed by atoms with Crippen LogP contribution in [0.3, 0.4) is 0 Å². The summed E-state index contributed by atoms with van der Waals surface area (Å²) in [6, 6.07) is 13.0. The molecule has 4 aromatic rings. The molecule has 0 spiro atoms. The summed E-state index contributed by atoms with van der Waals surface area (Å²) in [6.07, 6.45) is -0.377. The Morgan fingerprint density at radius 3 is 2.51 bits per heavy atom. The van der Waals surface area contributed by atoms with Crippen LogP contribution in [0.15, 0.2) is 60.8 Å². The Balaban J connectivity index is 1.39. The number of fused-ring (bicyclic) bond motifs is 1. The molecule has 2 amide bonds. The third-order valence-electron chi connectivity index (χ3n) is 4.88. The molecule has 0 aliphatic rings. The molecule has 0 saturated heterocycles. The van der Waals surface area contributed by atoms with Gasteiger partial charge in [-0.15, -0.1) is 0 Å². The molecule has 0 atom stereocenters. The first-order valence-electron chi connectivity index (χ1n) is 10.2. The zero-order valence-electron chi connectivity index (χ0n) is 17.9. The number of rotatable bonds is 6. The molecule has 2 aromatic carbocycles. The number of carbonyl (C=O) groups is 2. The SMILES string of the molecule is O=C(CC(=O)Nc1cccc(C(F)(F)F)c1F)Nc1ccc2c(/C=C/c3ccccn3)n[nH]c2c1. The number of nitrogens with zero attached hydrogens (tertiary/aromatic N) is 2. The summed E-state index contributed by atoms with van der Waals surface area (Å²) in [7, 11) is 0. The van der Waals surface area contributed by atoms with E-state index in [2.05, 4.69) is 20.5 Å². The van der Waals surface area contributed by atoms with Gasteiger partial charge in [-0.05, 0) is 54.6 Å². The minimum atomic E-state index is -4.92. The average molecular weight is 483 g/mol. The van der Waals surface area contributed by atoms with Gasteiger partial charge in [-0.1, -0.05) is 12.1 Å². The third-order valence-corrected chi connectivity index (χ3v) is 4.88. The van der Waals surface area contributed by atoms with E-state index < -0.39 is 41.5 Å². The molecule has 178 valence electrons. The van der Waals surface area contributed by atoms with Crippen LogP contribution >= 0.6 is 0 Å². The Labute approximate surface area is 195 Å². The topological polar surface area (TPSA) is 99.8 Å². The van der Waals surface area contributed by atoms with Gasteiger partial charge in [0, 0.05) is 17.3 Å². The first-order chi connectivity index (χ1) is 16.7. The lowest BCUT2D eigenvalue weighted by molar-refractivity contribution is -0.140. The van der Waals surface area contributed by atoms with Crippen molar-refractivity contribution < 1.29 is 27.2 Å². The smallest absolute Gasteiger partial charge is 0.326 e. The highest BCUT2D eigenvalue weighted by molar-refractivity contribution is 6.08. The number of anilines is 2. The molecule has 35 heavy (non-hydrogen) atoms. The van der Waals surface area contributed by atoms with Gasteiger partial charge in [0.25, 0.3) is 0 Å². The molecule has 4 rings (SSSR count). The van der Waals surface area contributed by atoms with Gasteiger partial charge in [-0.25, -0.2) is 4.39 Å². The summed E-state index contributed by atoms with van der Waals surface area (Å²) in [5, 5.41) is 12.4. The van der Waals surface area contributed by atoms with Gasteiger partial charge in [0.15, 0.2) is 5.82 Å². The molecular weight excluding hydrogens is 466 g/mol. The van der Waals surface area contributed by atoms with E-state index in [1.165, 1.54) is 0 Å². The molecule has 2 aromatic heterocycles. The van der Waals surface area contributed by atoms with Crippen LogP contribution in [0.25, 0.3) is 23.1 Å². The van der Waals surface area contributed by atoms with Gasteiger partial charge in [-0.3, -0.25) is 19.7 Å². The summed E-state index contributed by atoms with van der Waals surface area (Å²) in [6.45, 7) is 0. The average Bonchev–Trinajstić information content (AvgIpc) is 3.21. The lowest BCUT2D eigenvalue weighted by Crippen LogP contribution is -2.22. The standard InChI is InChI=1S/C24H17F4N5O2/c25-23-17(24(26,27)28)5-3-6-19(23)31-22(35)13-21(34)30-15-7-9-16-18(32-33-20(16)12-15)10-8-14-4-1-2-11-29-14/h1-12H,13H2,(H,30,34)(H,31,35)(H,32,33)/b10-8+. The maximum absolute atomic E-state index is 14.1. The highest BCUT2D eigenvalue weighted by Crippen LogP contribution is 2.34. The van der Waals surface area contributed by atoms with E-state index >= 15 is 0 Å². The third kappa shape index (κ3) is 5.69. The first-order valence-corrected chi connectivity index (χ1v) is 10.2. The fraction of sp³-hybridized carbons (Fsp3) is 0.0833. The van der Waals surface area contributed by atoms with Crippen molar-refractivity contribution >= 4 is 46.2 Å². The monoisotopic (exact) mass is 483 g/mol. The van der Waals surface area contributed by atoms with Gasteiger partial charge in [-0.2, -0.15) is 18.3 Å². The van der Waals surface area contributed by atoms with Crippen LogP contribution in [0.2, 0.25) is 0 Å². The van der Waals surface area contributed by atoms with Gasteiger partial charge < -0.3 is 10.6 Å². The number of nitrogens with one attached hydrogen (secondary N) is 3. The Morgan fingerprint density at radius 1 is 0.971 bits per heavy atom. The van der Waals surface area contributed by atoms with Crippen LogP contribution < -0.4 is 10.6 Å². The van der Waals surface area contributed by atoms with E-state index in [1.54, 1.807) is 36.5 Å². The first kappa shape index (κ1) is 23.6. The molecule has 11 heteroatoms. The van der Waals surface area contributed by atoms with Crippen molar-refractivity contribution in [2.75, 3.05) is 10.6 Å². The Kier molecular flexibility index (Phi) is 6.58. The maximum Gasteiger partial charge on any atom is 0.419 e. The van der Waals surface area contributed by atoms with Crippen LogP contribution in [-0.4, -0.2) is 27.0 Å². The van der Waals surface area contributed by atoms with Crippen molar-refractivity contribution in [3.8, 4) is 0 Å². The van der Waals surface area contributed by atoms with E-state index in [0.717, 1.165) is 23.2 Å². The number of carbonyl (C=O) groups excluding carboxylic acids is 2. The Bertz CT molecular complexity index is 1410. The minimum Gasteiger partial charge on any atom is -0.326 e. The quantitative estimate of drug-likeness (QED) is 0.258. The number of H-pyrrole nitrogens is 1. The molecule has 3 N–H and O–H groups in total. The lowest BCUT2D eigenvalue weighted by atomic mass is 10.1. The van der Waals surface area contributed by atoms with Crippen molar-refractivity contribution in [3.05, 3.63) is 83.6 Å². The molecule has 0 radical (unpaired) electrons. The number of pyridine rings is 1. The lowest BCUT2D eigenvalue weighted by Gasteiger charge is -2.12. The molecule has 0 saturated carbocycles. The normalized spacial score (nSPS) is 11.7. The summed E-state index contributed by atoms with van der Waals surface area (Å²) in [4.78, 5) is 28.5. The number of aromatic nitrogens is 3. The molecule has 0 bridgehead atoms. The van der Waals surface area contributed by atoms with Crippen LogP contribution in [0.4, 0.5) is 28.9 Å². The van der Waals surface area contributed by atoms with Crippen molar-refractivity contribution in [2.24, 2.45) is 0 Å². The van der Waals surface area contributed by atoms with Gasteiger partial charge in [0.1, 0.15) is 6.42 Å². The number of aromatic amines is 1.